The average molecular weight is 357 g/mol. The summed E-state index contributed by atoms with van der Waals surface area (Å²) in [6.45, 7) is 6.20. The number of hydrogen-bond donors (Lipinski definition) is 0. The fourth-order valence-electron chi connectivity index (χ4n) is 2.81. The molecule has 5 heteroatoms. The molecule has 0 amide bonds. The first-order chi connectivity index (χ1) is 12.5. The quantitative estimate of drug-likeness (QED) is 0.470. The lowest BCUT2D eigenvalue weighted by molar-refractivity contribution is -0.142. The average Bonchev–Trinajstić information content (AvgIpc) is 2.89. The number of aryl methyl sites for hydroxylation is 1. The van der Waals surface area contributed by atoms with E-state index in [1.807, 2.05) is 31.2 Å². The van der Waals surface area contributed by atoms with Gasteiger partial charge in [-0.25, -0.2) is 9.79 Å². The minimum Gasteiger partial charge on any atom is -0.466 e. The number of rotatable bonds is 9. The molecule has 1 aromatic rings. The van der Waals surface area contributed by atoms with Crippen molar-refractivity contribution in [1.29, 1.82) is 0 Å². The zero-order valence-electron chi connectivity index (χ0n) is 15.8. The van der Waals surface area contributed by atoms with Crippen LogP contribution in [0.4, 0.5) is 5.69 Å². The van der Waals surface area contributed by atoms with Crippen LogP contribution in [-0.4, -0.2) is 24.4 Å². The third-order valence-electron chi connectivity index (χ3n) is 4.23. The van der Waals surface area contributed by atoms with Crippen LogP contribution in [0.1, 0.15) is 57.9 Å². The van der Waals surface area contributed by atoms with E-state index in [0.29, 0.717) is 29.9 Å². The largest absolute Gasteiger partial charge is 0.466 e. The van der Waals surface area contributed by atoms with Gasteiger partial charge in [0.25, 0.3) is 0 Å². The smallest absolute Gasteiger partial charge is 0.341 e. The van der Waals surface area contributed by atoms with Gasteiger partial charge < -0.3 is 9.47 Å². The number of unbranched alkanes of at least 4 members (excludes halogenated alkanes) is 3. The molecule has 0 unspecified atom stereocenters. The zero-order valence-corrected chi connectivity index (χ0v) is 15.8. The molecule has 1 aliphatic rings. The molecule has 0 spiro atoms. The molecule has 1 heterocycles. The number of carbonyl (C=O) groups excluding carboxylic acids is 2. The molecule has 1 aliphatic heterocycles. The fourth-order valence-corrected chi connectivity index (χ4v) is 2.81. The molecular weight excluding hydrogens is 330 g/mol. The minimum atomic E-state index is -0.397. The van der Waals surface area contributed by atoms with Crippen LogP contribution in [0.3, 0.4) is 0 Å². The third-order valence-corrected chi connectivity index (χ3v) is 4.23. The van der Waals surface area contributed by atoms with Gasteiger partial charge in [0, 0.05) is 11.1 Å². The van der Waals surface area contributed by atoms with E-state index < -0.39 is 5.97 Å². The summed E-state index contributed by atoms with van der Waals surface area (Å²) >= 11 is 0. The highest BCUT2D eigenvalue weighted by Gasteiger charge is 2.32. The first-order valence-corrected chi connectivity index (χ1v) is 9.30. The van der Waals surface area contributed by atoms with E-state index in [1.165, 1.54) is 0 Å². The van der Waals surface area contributed by atoms with Crippen molar-refractivity contribution in [1.82, 2.24) is 0 Å². The molecule has 26 heavy (non-hydrogen) atoms. The Morgan fingerprint density at radius 1 is 1.08 bits per heavy atom. The molecule has 0 atom stereocenters. The van der Waals surface area contributed by atoms with Crippen LogP contribution in [0.2, 0.25) is 0 Å². The number of esters is 2. The Bertz CT molecular complexity index is 701. The molecule has 0 aromatic heterocycles. The van der Waals surface area contributed by atoms with Crippen LogP contribution in [0.25, 0.3) is 0 Å². The molecule has 0 saturated heterocycles. The van der Waals surface area contributed by atoms with Gasteiger partial charge in [-0.05, 0) is 38.8 Å². The molecule has 1 aromatic carbocycles. The first-order valence-electron chi connectivity index (χ1n) is 9.30. The van der Waals surface area contributed by atoms with Crippen molar-refractivity contribution in [2.45, 2.75) is 59.3 Å². The maximum atomic E-state index is 12.3. The topological polar surface area (TPSA) is 65.0 Å². The molecular formula is C21H27NO4. The maximum Gasteiger partial charge on any atom is 0.341 e. The van der Waals surface area contributed by atoms with Gasteiger partial charge in [0.1, 0.15) is 0 Å². The fraction of sp³-hybridized carbons (Fsp3) is 0.476. The first kappa shape index (κ1) is 19.9. The van der Waals surface area contributed by atoms with Gasteiger partial charge >= 0.3 is 11.9 Å². The van der Waals surface area contributed by atoms with E-state index in [2.05, 4.69) is 11.9 Å². The summed E-state index contributed by atoms with van der Waals surface area (Å²) in [5.41, 5.74) is 2.92. The van der Waals surface area contributed by atoms with Crippen LogP contribution in [-0.2, 0) is 19.1 Å². The summed E-state index contributed by atoms with van der Waals surface area (Å²) in [6, 6.07) is 7.60. The number of cyclic esters (lactones) is 1. The van der Waals surface area contributed by atoms with E-state index in [-0.39, 0.29) is 18.3 Å². The summed E-state index contributed by atoms with van der Waals surface area (Å²) < 4.78 is 10.4. The molecule has 140 valence electrons. The van der Waals surface area contributed by atoms with Crippen LogP contribution in [0.5, 0.6) is 0 Å². The van der Waals surface area contributed by atoms with Crippen LogP contribution >= 0.6 is 0 Å². The van der Waals surface area contributed by atoms with E-state index >= 15 is 0 Å². The SMILES string of the molecule is CCCCCCC1=C(CC(=O)OCC)/C(=N/c2ccc(C)cc2)OC1=O. The second-order valence-corrected chi connectivity index (χ2v) is 6.39. The van der Waals surface area contributed by atoms with Crippen molar-refractivity contribution < 1.29 is 19.1 Å². The van der Waals surface area contributed by atoms with Crippen LogP contribution < -0.4 is 0 Å². The van der Waals surface area contributed by atoms with Crippen LogP contribution in [0, 0.1) is 6.92 Å². The monoisotopic (exact) mass is 357 g/mol. The Balaban J connectivity index is 2.27. The van der Waals surface area contributed by atoms with E-state index in [4.69, 9.17) is 9.47 Å². The summed E-state index contributed by atoms with van der Waals surface area (Å²) in [5, 5.41) is 0. The third kappa shape index (κ3) is 5.55. The Hall–Kier alpha value is -2.43. The lowest BCUT2D eigenvalue weighted by Gasteiger charge is -2.05. The number of ether oxygens (including phenoxy) is 2. The van der Waals surface area contributed by atoms with E-state index in [9.17, 15) is 9.59 Å². The molecule has 2 rings (SSSR count). The van der Waals surface area contributed by atoms with Gasteiger partial charge in [-0.3, -0.25) is 4.79 Å². The normalized spacial score (nSPS) is 15.5. The van der Waals surface area contributed by atoms with Gasteiger partial charge in [-0.15, -0.1) is 0 Å². The predicted octanol–water partition coefficient (Wildman–Crippen LogP) is 4.80. The van der Waals surface area contributed by atoms with Crippen molar-refractivity contribution in [3.63, 3.8) is 0 Å². The second-order valence-electron chi connectivity index (χ2n) is 6.39. The zero-order chi connectivity index (χ0) is 18.9. The Labute approximate surface area is 155 Å². The standard InChI is InChI=1S/C21H27NO4/c1-4-6-7-8-9-17-18(14-19(23)25-5-2)20(26-21(17)24)22-16-12-10-15(3)11-13-16/h10-13H,4-9,14H2,1-3H3/b22-20-. The van der Waals surface area contributed by atoms with Crippen molar-refractivity contribution >= 4 is 23.5 Å². The highest BCUT2D eigenvalue weighted by Crippen LogP contribution is 2.28. The predicted molar refractivity (Wildman–Crippen MR) is 101 cm³/mol. The molecule has 0 saturated carbocycles. The number of hydrogen-bond acceptors (Lipinski definition) is 5. The van der Waals surface area contributed by atoms with Crippen molar-refractivity contribution in [3.05, 3.63) is 41.0 Å². The van der Waals surface area contributed by atoms with Gasteiger partial charge in [0.05, 0.1) is 18.7 Å². The van der Waals surface area contributed by atoms with Gasteiger partial charge in [-0.1, -0.05) is 43.9 Å². The molecule has 0 fully saturated rings. The Morgan fingerprint density at radius 2 is 1.81 bits per heavy atom. The van der Waals surface area contributed by atoms with Gasteiger partial charge in [0.15, 0.2) is 0 Å². The maximum absolute atomic E-state index is 12.3. The van der Waals surface area contributed by atoms with Crippen LogP contribution in [0.15, 0.2) is 40.4 Å². The van der Waals surface area contributed by atoms with E-state index in [1.54, 1.807) is 6.92 Å². The second kappa shape index (κ2) is 9.90. The molecule has 0 radical (unpaired) electrons. The lowest BCUT2D eigenvalue weighted by Crippen LogP contribution is -2.10. The molecule has 0 bridgehead atoms. The summed E-state index contributed by atoms with van der Waals surface area (Å²) in [7, 11) is 0. The number of aliphatic imine (C=N–C) groups is 1. The number of nitrogens with zero attached hydrogens (tertiary/aromatic N) is 1. The van der Waals surface area contributed by atoms with Crippen molar-refractivity contribution in [2.24, 2.45) is 4.99 Å². The molecule has 5 nitrogen and oxygen atoms in total. The molecule has 0 aliphatic carbocycles. The van der Waals surface area contributed by atoms with Gasteiger partial charge in [0.2, 0.25) is 5.90 Å². The highest BCUT2D eigenvalue weighted by molar-refractivity contribution is 6.16. The number of benzene rings is 1. The Kier molecular flexibility index (Phi) is 7.57. The van der Waals surface area contributed by atoms with Crippen molar-refractivity contribution in [2.75, 3.05) is 6.61 Å². The summed E-state index contributed by atoms with van der Waals surface area (Å²) in [6.07, 6.45) is 4.79. The summed E-state index contributed by atoms with van der Waals surface area (Å²) in [5.74, 6) is -0.549. The minimum absolute atomic E-state index is 0.00733. The van der Waals surface area contributed by atoms with Gasteiger partial charge in [-0.2, -0.15) is 0 Å². The van der Waals surface area contributed by atoms with E-state index in [0.717, 1.165) is 31.2 Å². The summed E-state index contributed by atoms with van der Waals surface area (Å²) in [4.78, 5) is 28.8. The highest BCUT2D eigenvalue weighted by atomic mass is 16.6. The van der Waals surface area contributed by atoms with Crippen molar-refractivity contribution in [3.8, 4) is 0 Å². The molecule has 0 N–H and O–H groups in total. The Morgan fingerprint density at radius 3 is 2.46 bits per heavy atom. The number of carbonyl (C=O) groups is 2. The lowest BCUT2D eigenvalue weighted by atomic mass is 10.0.